The van der Waals surface area contributed by atoms with Gasteiger partial charge in [0.15, 0.2) is 0 Å². The first kappa shape index (κ1) is 16.5. The predicted octanol–water partition coefficient (Wildman–Crippen LogP) is 4.21. The van der Waals surface area contributed by atoms with Crippen molar-refractivity contribution in [1.29, 1.82) is 0 Å². The van der Waals surface area contributed by atoms with Crippen molar-refractivity contribution >= 4 is 21.6 Å². The van der Waals surface area contributed by atoms with Crippen LogP contribution in [0.25, 0.3) is 0 Å². The molecule has 3 heteroatoms. The van der Waals surface area contributed by atoms with Gasteiger partial charge in [0.2, 0.25) is 0 Å². The second-order valence-corrected chi connectivity index (χ2v) is 6.96. The maximum Gasteiger partial charge on any atom is 0.0399 e. The van der Waals surface area contributed by atoms with Crippen LogP contribution in [0.2, 0.25) is 0 Å². The average molecular weight is 327 g/mol. The minimum absolute atomic E-state index is 0.182. The summed E-state index contributed by atoms with van der Waals surface area (Å²) in [7, 11) is 2.18. The van der Waals surface area contributed by atoms with Crippen molar-refractivity contribution in [3.05, 3.63) is 28.2 Å². The summed E-state index contributed by atoms with van der Waals surface area (Å²) in [5, 5.41) is 0. The molecule has 0 amide bonds. The Labute approximate surface area is 126 Å². The SMILES string of the molecule is CC(C)CC(C)N(C)c1ccc(Br)cc1CC(C)N. The Morgan fingerprint density at radius 1 is 1.21 bits per heavy atom. The molecule has 0 bridgehead atoms. The summed E-state index contributed by atoms with van der Waals surface area (Å²) < 4.78 is 1.12. The summed E-state index contributed by atoms with van der Waals surface area (Å²) in [4.78, 5) is 2.38. The van der Waals surface area contributed by atoms with Crippen LogP contribution in [0, 0.1) is 5.92 Å². The Hall–Kier alpha value is -0.540. The highest BCUT2D eigenvalue weighted by Crippen LogP contribution is 2.27. The van der Waals surface area contributed by atoms with Crippen LogP contribution >= 0.6 is 15.9 Å². The summed E-state index contributed by atoms with van der Waals surface area (Å²) in [6, 6.07) is 7.21. The smallest absolute Gasteiger partial charge is 0.0399 e. The molecule has 2 nitrogen and oxygen atoms in total. The van der Waals surface area contributed by atoms with Crippen molar-refractivity contribution in [2.24, 2.45) is 11.7 Å². The molecule has 0 aliphatic carbocycles. The maximum absolute atomic E-state index is 5.97. The van der Waals surface area contributed by atoms with Crippen LogP contribution < -0.4 is 10.6 Å². The number of anilines is 1. The lowest BCUT2D eigenvalue weighted by molar-refractivity contribution is 0.503. The van der Waals surface area contributed by atoms with E-state index >= 15 is 0 Å². The lowest BCUT2D eigenvalue weighted by Gasteiger charge is -2.30. The second-order valence-electron chi connectivity index (χ2n) is 6.04. The number of rotatable bonds is 6. The summed E-state index contributed by atoms with van der Waals surface area (Å²) in [6.45, 7) is 8.89. The van der Waals surface area contributed by atoms with Crippen LogP contribution in [-0.2, 0) is 6.42 Å². The highest BCUT2D eigenvalue weighted by molar-refractivity contribution is 9.10. The maximum atomic E-state index is 5.97. The quantitative estimate of drug-likeness (QED) is 0.848. The molecule has 108 valence electrons. The van der Waals surface area contributed by atoms with Crippen LogP contribution in [0.5, 0.6) is 0 Å². The van der Waals surface area contributed by atoms with Crippen LogP contribution in [0.4, 0.5) is 5.69 Å². The molecule has 0 aromatic heterocycles. The second kappa shape index (κ2) is 7.30. The molecule has 0 saturated carbocycles. The van der Waals surface area contributed by atoms with Crippen LogP contribution in [-0.4, -0.2) is 19.1 Å². The van der Waals surface area contributed by atoms with Crippen molar-refractivity contribution in [2.75, 3.05) is 11.9 Å². The molecule has 2 unspecified atom stereocenters. The van der Waals surface area contributed by atoms with Gasteiger partial charge in [0.05, 0.1) is 0 Å². The zero-order valence-electron chi connectivity index (χ0n) is 12.8. The van der Waals surface area contributed by atoms with Crippen molar-refractivity contribution in [3.8, 4) is 0 Å². The summed E-state index contributed by atoms with van der Waals surface area (Å²) in [6.07, 6.45) is 2.11. The number of halogens is 1. The highest BCUT2D eigenvalue weighted by Gasteiger charge is 2.15. The van der Waals surface area contributed by atoms with Gasteiger partial charge in [-0.2, -0.15) is 0 Å². The van der Waals surface area contributed by atoms with E-state index in [1.807, 2.05) is 0 Å². The van der Waals surface area contributed by atoms with Crippen molar-refractivity contribution in [2.45, 2.75) is 52.6 Å². The average Bonchev–Trinajstić information content (AvgIpc) is 2.26. The van der Waals surface area contributed by atoms with E-state index in [0.29, 0.717) is 12.0 Å². The largest absolute Gasteiger partial charge is 0.372 e. The zero-order valence-corrected chi connectivity index (χ0v) is 14.4. The molecule has 0 spiro atoms. The Kier molecular flexibility index (Phi) is 6.34. The molecule has 2 atom stereocenters. The van der Waals surface area contributed by atoms with Crippen molar-refractivity contribution in [1.82, 2.24) is 0 Å². The molecule has 1 aromatic carbocycles. The fraction of sp³-hybridized carbons (Fsp3) is 0.625. The summed E-state index contributed by atoms with van der Waals surface area (Å²) in [5.74, 6) is 0.713. The van der Waals surface area contributed by atoms with E-state index in [1.165, 1.54) is 17.7 Å². The van der Waals surface area contributed by atoms with E-state index < -0.39 is 0 Å². The van der Waals surface area contributed by atoms with Crippen LogP contribution in [0.3, 0.4) is 0 Å². The van der Waals surface area contributed by atoms with E-state index in [-0.39, 0.29) is 6.04 Å². The third-order valence-corrected chi connectivity index (χ3v) is 3.93. The predicted molar refractivity (Wildman–Crippen MR) is 88.8 cm³/mol. The van der Waals surface area contributed by atoms with Crippen molar-refractivity contribution < 1.29 is 0 Å². The van der Waals surface area contributed by atoms with Gasteiger partial charge >= 0.3 is 0 Å². The molecule has 0 aliphatic rings. The van der Waals surface area contributed by atoms with E-state index in [0.717, 1.165) is 10.9 Å². The molecule has 2 N–H and O–H groups in total. The van der Waals surface area contributed by atoms with Gasteiger partial charge in [0.1, 0.15) is 0 Å². The van der Waals surface area contributed by atoms with Gasteiger partial charge in [-0.25, -0.2) is 0 Å². The fourth-order valence-electron chi connectivity index (χ4n) is 2.49. The first-order valence-electron chi connectivity index (χ1n) is 7.08. The number of nitrogens with zero attached hydrogens (tertiary/aromatic N) is 1. The Bertz CT molecular complexity index is 402. The first-order valence-corrected chi connectivity index (χ1v) is 7.87. The fourth-order valence-corrected chi connectivity index (χ4v) is 2.89. The monoisotopic (exact) mass is 326 g/mol. The van der Waals surface area contributed by atoms with Gasteiger partial charge < -0.3 is 10.6 Å². The van der Waals surface area contributed by atoms with Crippen LogP contribution in [0.1, 0.15) is 39.7 Å². The number of hydrogen-bond acceptors (Lipinski definition) is 2. The van der Waals surface area contributed by atoms with Gasteiger partial charge in [-0.1, -0.05) is 29.8 Å². The first-order chi connectivity index (χ1) is 8.81. The molecule has 1 aromatic rings. The lowest BCUT2D eigenvalue weighted by atomic mass is 10.0. The van der Waals surface area contributed by atoms with Crippen molar-refractivity contribution in [3.63, 3.8) is 0 Å². The highest BCUT2D eigenvalue weighted by atomic mass is 79.9. The standard InChI is InChI=1S/C16H27BrN2/c1-11(2)8-13(4)19(5)16-7-6-15(17)10-14(16)9-12(3)18/h6-7,10-13H,8-9,18H2,1-5H3. The molecule has 0 saturated heterocycles. The van der Waals surface area contributed by atoms with Gasteiger partial charge in [-0.15, -0.1) is 0 Å². The number of nitrogens with two attached hydrogens (primary N) is 1. The van der Waals surface area contributed by atoms with Gasteiger partial charge in [0.25, 0.3) is 0 Å². The zero-order chi connectivity index (χ0) is 14.6. The molecule has 0 fully saturated rings. The molecular formula is C16H27BrN2. The minimum atomic E-state index is 0.182. The van der Waals surface area contributed by atoms with E-state index in [2.05, 4.69) is 73.8 Å². The molecule has 0 heterocycles. The van der Waals surface area contributed by atoms with E-state index in [9.17, 15) is 0 Å². The Morgan fingerprint density at radius 3 is 2.37 bits per heavy atom. The molecule has 19 heavy (non-hydrogen) atoms. The molecular weight excluding hydrogens is 300 g/mol. The van der Waals surface area contributed by atoms with Gasteiger partial charge in [0, 0.05) is 29.3 Å². The summed E-state index contributed by atoms with van der Waals surface area (Å²) in [5.41, 5.74) is 8.59. The third-order valence-electron chi connectivity index (χ3n) is 3.44. The van der Waals surface area contributed by atoms with E-state index in [1.54, 1.807) is 0 Å². The van der Waals surface area contributed by atoms with Gasteiger partial charge in [-0.05, 0) is 56.4 Å². The molecule has 0 aliphatic heterocycles. The van der Waals surface area contributed by atoms with Gasteiger partial charge in [-0.3, -0.25) is 0 Å². The Morgan fingerprint density at radius 2 is 1.84 bits per heavy atom. The van der Waals surface area contributed by atoms with E-state index in [4.69, 9.17) is 5.73 Å². The molecule has 0 radical (unpaired) electrons. The Balaban J connectivity index is 2.97. The topological polar surface area (TPSA) is 29.3 Å². The minimum Gasteiger partial charge on any atom is -0.372 e. The normalized spacial score (nSPS) is 14.5. The lowest BCUT2D eigenvalue weighted by Crippen LogP contribution is -2.31. The molecule has 1 rings (SSSR count). The third kappa shape index (κ3) is 5.15. The number of benzene rings is 1. The summed E-state index contributed by atoms with van der Waals surface area (Å²) >= 11 is 3.55. The number of hydrogen-bond donors (Lipinski definition) is 1. The van der Waals surface area contributed by atoms with Crippen LogP contribution in [0.15, 0.2) is 22.7 Å².